The second kappa shape index (κ2) is 8.28. The Balaban J connectivity index is 1.56. The second-order valence-electron chi connectivity index (χ2n) is 7.15. The van der Waals surface area contributed by atoms with Crippen molar-refractivity contribution in [3.63, 3.8) is 0 Å². The number of para-hydroxylation sites is 1. The Kier molecular flexibility index (Phi) is 5.38. The Bertz CT molecular complexity index is 1200. The van der Waals surface area contributed by atoms with E-state index >= 15 is 0 Å². The first kappa shape index (κ1) is 19.5. The third-order valence-corrected chi connectivity index (χ3v) is 5.06. The molecule has 4 aromatic rings. The number of amides is 1. The van der Waals surface area contributed by atoms with Gasteiger partial charge in [0.1, 0.15) is 12.1 Å². The lowest BCUT2D eigenvalue weighted by Crippen LogP contribution is -2.18. The summed E-state index contributed by atoms with van der Waals surface area (Å²) in [5.41, 5.74) is 4.30. The maximum atomic E-state index is 12.2. The molecule has 1 amide bonds. The molecule has 0 aliphatic heterocycles. The molecule has 30 heavy (non-hydrogen) atoms. The van der Waals surface area contributed by atoms with E-state index in [1.165, 1.54) is 0 Å². The number of nitrogens with zero attached hydrogens (tertiary/aromatic N) is 5. The Morgan fingerprint density at radius 3 is 2.83 bits per heavy atom. The van der Waals surface area contributed by atoms with Crippen LogP contribution < -0.4 is 10.6 Å². The molecule has 4 rings (SSSR count). The highest BCUT2D eigenvalue weighted by molar-refractivity contribution is 6.06. The van der Waals surface area contributed by atoms with Crippen molar-refractivity contribution in [2.75, 3.05) is 18.9 Å². The van der Waals surface area contributed by atoms with Crippen LogP contribution in [-0.2, 0) is 7.05 Å². The van der Waals surface area contributed by atoms with E-state index in [9.17, 15) is 4.79 Å². The largest absolute Gasteiger partial charge is 0.369 e. The Morgan fingerprint density at radius 1 is 1.20 bits per heavy atom. The number of benzene rings is 1. The van der Waals surface area contributed by atoms with E-state index in [2.05, 4.69) is 43.7 Å². The summed E-state index contributed by atoms with van der Waals surface area (Å²) < 4.78 is 1.74. The van der Waals surface area contributed by atoms with Crippen molar-refractivity contribution >= 4 is 22.6 Å². The van der Waals surface area contributed by atoms with Gasteiger partial charge in [0.25, 0.3) is 5.91 Å². The van der Waals surface area contributed by atoms with Crippen molar-refractivity contribution in [2.45, 2.75) is 12.8 Å². The summed E-state index contributed by atoms with van der Waals surface area (Å²) in [6, 6.07) is 9.61. The van der Waals surface area contributed by atoms with Crippen molar-refractivity contribution in [3.8, 4) is 11.3 Å². The first-order valence-electron chi connectivity index (χ1n) is 9.71. The van der Waals surface area contributed by atoms with Gasteiger partial charge in [0.2, 0.25) is 0 Å². The van der Waals surface area contributed by atoms with E-state index in [-0.39, 0.29) is 11.8 Å². The van der Waals surface area contributed by atoms with Gasteiger partial charge in [-0.05, 0) is 11.6 Å². The molecule has 1 unspecified atom stereocenters. The van der Waals surface area contributed by atoms with Gasteiger partial charge in [-0.1, -0.05) is 25.1 Å². The zero-order valence-electron chi connectivity index (χ0n) is 17.1. The monoisotopic (exact) mass is 401 g/mol. The van der Waals surface area contributed by atoms with E-state index in [0.717, 1.165) is 33.5 Å². The Morgan fingerprint density at radius 2 is 2.07 bits per heavy atom. The number of pyridine rings is 1. The fourth-order valence-electron chi connectivity index (χ4n) is 3.46. The molecule has 3 aromatic heterocycles. The minimum atomic E-state index is -0.116. The SMILES string of the molecule is CNC(=O)c1ccnc2c(C(C)CNc3cc(-c4cnn(C)c4)ncn3)cccc12. The normalized spacial score (nSPS) is 12.0. The molecule has 0 radical (unpaired) electrons. The highest BCUT2D eigenvalue weighted by Crippen LogP contribution is 2.27. The first-order chi connectivity index (χ1) is 14.6. The molecule has 0 aliphatic carbocycles. The van der Waals surface area contributed by atoms with Crippen molar-refractivity contribution < 1.29 is 4.79 Å². The minimum absolute atomic E-state index is 0.116. The molecule has 0 saturated heterocycles. The maximum absolute atomic E-state index is 12.2. The molecule has 152 valence electrons. The van der Waals surface area contributed by atoms with Gasteiger partial charge in [0.05, 0.1) is 23.0 Å². The number of fused-ring (bicyclic) bond motifs is 1. The zero-order chi connectivity index (χ0) is 21.1. The number of hydrogen-bond donors (Lipinski definition) is 2. The number of anilines is 1. The first-order valence-corrected chi connectivity index (χ1v) is 9.71. The van der Waals surface area contributed by atoms with Crippen LogP contribution >= 0.6 is 0 Å². The van der Waals surface area contributed by atoms with Crippen LogP contribution in [0.4, 0.5) is 5.82 Å². The van der Waals surface area contributed by atoms with Gasteiger partial charge in [-0.2, -0.15) is 5.10 Å². The van der Waals surface area contributed by atoms with Gasteiger partial charge < -0.3 is 10.6 Å². The van der Waals surface area contributed by atoms with E-state index in [0.29, 0.717) is 12.1 Å². The number of carbonyl (C=O) groups is 1. The van der Waals surface area contributed by atoms with Crippen LogP contribution in [0.1, 0.15) is 28.8 Å². The average molecular weight is 401 g/mol. The highest BCUT2D eigenvalue weighted by Gasteiger charge is 2.15. The van der Waals surface area contributed by atoms with Crippen molar-refractivity contribution in [3.05, 3.63) is 66.4 Å². The van der Waals surface area contributed by atoms with Crippen LogP contribution in [-0.4, -0.2) is 44.2 Å². The Hall–Kier alpha value is -3.81. The van der Waals surface area contributed by atoms with E-state index in [1.807, 2.05) is 31.4 Å². The molecule has 8 nitrogen and oxygen atoms in total. The molecule has 8 heteroatoms. The molecule has 0 fully saturated rings. The second-order valence-corrected chi connectivity index (χ2v) is 7.15. The number of carbonyl (C=O) groups excluding carboxylic acids is 1. The number of aromatic nitrogens is 5. The minimum Gasteiger partial charge on any atom is -0.369 e. The number of rotatable bonds is 6. The molecule has 0 aliphatic rings. The summed E-state index contributed by atoms with van der Waals surface area (Å²) in [6.45, 7) is 2.79. The summed E-state index contributed by atoms with van der Waals surface area (Å²) in [5.74, 6) is 0.780. The molecular formula is C22H23N7O. The summed E-state index contributed by atoms with van der Waals surface area (Å²) >= 11 is 0. The fraction of sp³-hybridized carbons (Fsp3) is 0.227. The van der Waals surface area contributed by atoms with E-state index < -0.39 is 0 Å². The molecule has 3 heterocycles. The molecule has 0 spiro atoms. The summed E-state index contributed by atoms with van der Waals surface area (Å²) in [4.78, 5) is 25.4. The van der Waals surface area contributed by atoms with Crippen LogP contribution in [0.2, 0.25) is 0 Å². The van der Waals surface area contributed by atoms with Gasteiger partial charge in [-0.3, -0.25) is 14.5 Å². The van der Waals surface area contributed by atoms with Gasteiger partial charge in [-0.15, -0.1) is 0 Å². The standard InChI is InChI=1S/C22H23N7O/c1-14(10-25-20-9-19(26-13-27-20)15-11-28-29(3)12-15)16-5-4-6-17-18(22(30)23-2)7-8-24-21(16)17/h4-9,11-14H,10H2,1-3H3,(H,23,30)(H,25,26,27). The predicted molar refractivity (Wildman–Crippen MR) is 116 cm³/mol. The van der Waals surface area contributed by atoms with Crippen LogP contribution in [0, 0.1) is 0 Å². The Labute approximate surface area is 174 Å². The summed E-state index contributed by atoms with van der Waals surface area (Å²) in [5, 5.41) is 11.1. The maximum Gasteiger partial charge on any atom is 0.251 e. The zero-order valence-corrected chi connectivity index (χ0v) is 17.1. The lowest BCUT2D eigenvalue weighted by Gasteiger charge is -2.16. The fourth-order valence-corrected chi connectivity index (χ4v) is 3.46. The molecule has 0 bridgehead atoms. The number of nitrogens with one attached hydrogen (secondary N) is 2. The van der Waals surface area contributed by atoms with Crippen LogP contribution in [0.3, 0.4) is 0 Å². The molecular weight excluding hydrogens is 378 g/mol. The molecule has 0 saturated carbocycles. The topological polar surface area (TPSA) is 97.6 Å². The van der Waals surface area contributed by atoms with Gasteiger partial charge in [0.15, 0.2) is 0 Å². The van der Waals surface area contributed by atoms with Gasteiger partial charge in [0, 0.05) is 56.0 Å². The van der Waals surface area contributed by atoms with Gasteiger partial charge >= 0.3 is 0 Å². The average Bonchev–Trinajstić information content (AvgIpc) is 3.22. The number of hydrogen-bond acceptors (Lipinski definition) is 6. The molecule has 1 aromatic carbocycles. The summed E-state index contributed by atoms with van der Waals surface area (Å²) in [7, 11) is 3.51. The number of aryl methyl sites for hydroxylation is 1. The lowest BCUT2D eigenvalue weighted by atomic mass is 9.96. The van der Waals surface area contributed by atoms with Crippen molar-refractivity contribution in [1.82, 2.24) is 30.0 Å². The van der Waals surface area contributed by atoms with E-state index in [1.54, 1.807) is 36.5 Å². The lowest BCUT2D eigenvalue weighted by molar-refractivity contribution is 0.0964. The third kappa shape index (κ3) is 3.84. The van der Waals surface area contributed by atoms with Crippen LogP contribution in [0.15, 0.2) is 55.2 Å². The summed E-state index contributed by atoms with van der Waals surface area (Å²) in [6.07, 6.45) is 6.92. The predicted octanol–water partition coefficient (Wildman–Crippen LogP) is 3.00. The van der Waals surface area contributed by atoms with Crippen LogP contribution in [0.5, 0.6) is 0 Å². The third-order valence-electron chi connectivity index (χ3n) is 5.06. The van der Waals surface area contributed by atoms with Crippen molar-refractivity contribution in [2.24, 2.45) is 7.05 Å². The van der Waals surface area contributed by atoms with E-state index in [4.69, 9.17) is 0 Å². The van der Waals surface area contributed by atoms with Gasteiger partial charge in [-0.25, -0.2) is 9.97 Å². The molecule has 2 N–H and O–H groups in total. The quantitative estimate of drug-likeness (QED) is 0.515. The smallest absolute Gasteiger partial charge is 0.251 e. The van der Waals surface area contributed by atoms with Crippen LogP contribution in [0.25, 0.3) is 22.2 Å². The molecule has 1 atom stereocenters. The highest BCUT2D eigenvalue weighted by atomic mass is 16.1. The van der Waals surface area contributed by atoms with Crippen molar-refractivity contribution in [1.29, 1.82) is 0 Å².